The van der Waals surface area contributed by atoms with Crippen molar-refractivity contribution in [2.24, 2.45) is 0 Å². The molecule has 0 saturated carbocycles. The predicted molar refractivity (Wildman–Crippen MR) is 45.0 cm³/mol. The smallest absolute Gasteiger partial charge is 0.305 e. The summed E-state index contributed by atoms with van der Waals surface area (Å²) in [6, 6.07) is 1.33. The van der Waals surface area contributed by atoms with E-state index in [1.54, 1.807) is 0 Å². The van der Waals surface area contributed by atoms with Crippen LogP contribution in [0.3, 0.4) is 0 Å². The Morgan fingerprint density at radius 1 is 1.67 bits per heavy atom. The molecule has 0 aromatic carbocycles. The van der Waals surface area contributed by atoms with Gasteiger partial charge in [0.05, 0.1) is 10.5 Å². The van der Waals surface area contributed by atoms with Crippen LogP contribution < -0.4 is 5.73 Å². The standard InChI is InChI=1S/C7H4F2N4O2/c8-6(9)5-3(1-10)4(13(14)15)2-12-7(5)11/h2,6H,(H2,11,12). The second-order valence-electron chi connectivity index (χ2n) is 2.49. The number of halogens is 2. The van der Waals surface area contributed by atoms with E-state index < -0.39 is 34.0 Å². The molecular formula is C7H4F2N4O2. The molecule has 1 aromatic heterocycles. The average molecular weight is 214 g/mol. The van der Waals surface area contributed by atoms with Crippen LogP contribution in [0.15, 0.2) is 6.20 Å². The number of hydrogen-bond donors (Lipinski definition) is 1. The van der Waals surface area contributed by atoms with Crippen LogP contribution >= 0.6 is 0 Å². The predicted octanol–water partition coefficient (Wildman–Crippen LogP) is 1.38. The number of nitro groups is 1. The van der Waals surface area contributed by atoms with Crippen molar-refractivity contribution in [1.82, 2.24) is 4.98 Å². The number of nitrogens with zero attached hydrogens (tertiary/aromatic N) is 3. The summed E-state index contributed by atoms with van der Waals surface area (Å²) in [5.74, 6) is -0.577. The number of rotatable bonds is 2. The molecule has 0 atom stereocenters. The Bertz CT molecular complexity index is 455. The van der Waals surface area contributed by atoms with Gasteiger partial charge < -0.3 is 5.73 Å². The first kappa shape index (κ1) is 10.8. The Morgan fingerprint density at radius 3 is 2.67 bits per heavy atom. The highest BCUT2D eigenvalue weighted by Gasteiger charge is 2.26. The summed E-state index contributed by atoms with van der Waals surface area (Å²) in [6.45, 7) is 0. The van der Waals surface area contributed by atoms with E-state index in [2.05, 4.69) is 4.98 Å². The molecule has 0 spiro atoms. The Kier molecular flexibility index (Phi) is 2.75. The lowest BCUT2D eigenvalue weighted by molar-refractivity contribution is -0.385. The van der Waals surface area contributed by atoms with Gasteiger partial charge in [0.15, 0.2) is 0 Å². The van der Waals surface area contributed by atoms with Gasteiger partial charge in [0.25, 0.3) is 6.43 Å². The van der Waals surface area contributed by atoms with Crippen LogP contribution in [0, 0.1) is 21.4 Å². The lowest BCUT2D eigenvalue weighted by Gasteiger charge is -2.05. The topological polar surface area (TPSA) is 106 Å². The van der Waals surface area contributed by atoms with Crippen molar-refractivity contribution in [3.05, 3.63) is 27.4 Å². The van der Waals surface area contributed by atoms with Gasteiger partial charge in [-0.25, -0.2) is 13.8 Å². The molecule has 0 aliphatic heterocycles. The van der Waals surface area contributed by atoms with Crippen molar-refractivity contribution < 1.29 is 13.7 Å². The maximum absolute atomic E-state index is 12.4. The van der Waals surface area contributed by atoms with Crippen molar-refractivity contribution in [2.75, 3.05) is 5.73 Å². The van der Waals surface area contributed by atoms with Crippen LogP contribution in [-0.4, -0.2) is 9.91 Å². The second kappa shape index (κ2) is 3.83. The first-order valence-corrected chi connectivity index (χ1v) is 3.60. The van der Waals surface area contributed by atoms with Crippen molar-refractivity contribution in [3.8, 4) is 6.07 Å². The third-order valence-corrected chi connectivity index (χ3v) is 1.65. The average Bonchev–Trinajstić information content (AvgIpc) is 2.15. The summed E-state index contributed by atoms with van der Waals surface area (Å²) in [5.41, 5.74) is 2.68. The Morgan fingerprint density at radius 2 is 2.27 bits per heavy atom. The van der Waals surface area contributed by atoms with E-state index in [1.807, 2.05) is 0 Å². The number of anilines is 1. The highest BCUT2D eigenvalue weighted by atomic mass is 19.3. The molecule has 1 rings (SSSR count). The molecule has 1 heterocycles. The van der Waals surface area contributed by atoms with E-state index in [-0.39, 0.29) is 0 Å². The third kappa shape index (κ3) is 1.80. The molecule has 0 aliphatic rings. The molecule has 0 aliphatic carbocycles. The van der Waals surface area contributed by atoms with Crippen LogP contribution in [0.4, 0.5) is 20.3 Å². The maximum atomic E-state index is 12.4. The number of nitrogen functional groups attached to an aromatic ring is 1. The third-order valence-electron chi connectivity index (χ3n) is 1.65. The normalized spacial score (nSPS) is 10.0. The molecule has 78 valence electrons. The molecule has 2 N–H and O–H groups in total. The minimum atomic E-state index is -3.08. The fourth-order valence-electron chi connectivity index (χ4n) is 1.01. The molecule has 1 aromatic rings. The second-order valence-corrected chi connectivity index (χ2v) is 2.49. The lowest BCUT2D eigenvalue weighted by Crippen LogP contribution is -2.05. The number of hydrogen-bond acceptors (Lipinski definition) is 5. The zero-order chi connectivity index (χ0) is 11.6. The molecule has 0 unspecified atom stereocenters. The van der Waals surface area contributed by atoms with E-state index in [9.17, 15) is 18.9 Å². The van der Waals surface area contributed by atoms with Gasteiger partial charge in [0, 0.05) is 0 Å². The van der Waals surface area contributed by atoms with Crippen LogP contribution in [0.25, 0.3) is 0 Å². The fraction of sp³-hybridized carbons (Fsp3) is 0.143. The SMILES string of the molecule is N#Cc1c([N+](=O)[O-])cnc(N)c1C(F)F. The number of nitriles is 1. The summed E-state index contributed by atoms with van der Waals surface area (Å²) in [5, 5.41) is 18.9. The molecule has 6 nitrogen and oxygen atoms in total. The zero-order valence-electron chi connectivity index (χ0n) is 7.15. The highest BCUT2D eigenvalue weighted by molar-refractivity contribution is 5.60. The quantitative estimate of drug-likeness (QED) is 0.591. The number of nitrogens with two attached hydrogens (primary N) is 1. The van der Waals surface area contributed by atoms with E-state index in [1.165, 1.54) is 6.07 Å². The van der Waals surface area contributed by atoms with Gasteiger partial charge in [0.1, 0.15) is 23.6 Å². The summed E-state index contributed by atoms with van der Waals surface area (Å²) in [4.78, 5) is 12.7. The minimum absolute atomic E-state index is 0.577. The summed E-state index contributed by atoms with van der Waals surface area (Å²) in [7, 11) is 0. The lowest BCUT2D eigenvalue weighted by atomic mass is 10.1. The van der Waals surface area contributed by atoms with Crippen LogP contribution in [0.2, 0.25) is 0 Å². The number of pyridine rings is 1. The number of aromatic nitrogens is 1. The van der Waals surface area contributed by atoms with Gasteiger partial charge in [-0.2, -0.15) is 5.26 Å². The van der Waals surface area contributed by atoms with Crippen molar-refractivity contribution >= 4 is 11.5 Å². The van der Waals surface area contributed by atoms with E-state index in [4.69, 9.17) is 11.0 Å². The van der Waals surface area contributed by atoms with Crippen LogP contribution in [0.1, 0.15) is 17.6 Å². The fourth-order valence-corrected chi connectivity index (χ4v) is 1.01. The van der Waals surface area contributed by atoms with Gasteiger partial charge in [0.2, 0.25) is 0 Å². The number of alkyl halides is 2. The van der Waals surface area contributed by atoms with Gasteiger partial charge in [-0.3, -0.25) is 10.1 Å². The molecule has 0 fully saturated rings. The summed E-state index contributed by atoms with van der Waals surface area (Å²) in [6.07, 6.45) is -2.40. The van der Waals surface area contributed by atoms with Crippen molar-refractivity contribution in [1.29, 1.82) is 5.26 Å². The van der Waals surface area contributed by atoms with E-state index in [0.717, 1.165) is 0 Å². The van der Waals surface area contributed by atoms with Crippen LogP contribution in [0.5, 0.6) is 0 Å². The Balaban J connectivity index is 3.56. The molecular weight excluding hydrogens is 210 g/mol. The van der Waals surface area contributed by atoms with Gasteiger partial charge in [-0.1, -0.05) is 0 Å². The molecule has 8 heteroatoms. The zero-order valence-corrected chi connectivity index (χ0v) is 7.15. The maximum Gasteiger partial charge on any atom is 0.305 e. The van der Waals surface area contributed by atoms with Crippen molar-refractivity contribution in [3.63, 3.8) is 0 Å². The van der Waals surface area contributed by atoms with E-state index >= 15 is 0 Å². The molecule has 0 bridgehead atoms. The monoisotopic (exact) mass is 214 g/mol. The Labute approximate surface area is 82.1 Å². The molecule has 15 heavy (non-hydrogen) atoms. The van der Waals surface area contributed by atoms with Crippen LogP contribution in [-0.2, 0) is 0 Å². The minimum Gasteiger partial charge on any atom is -0.383 e. The van der Waals surface area contributed by atoms with E-state index in [0.29, 0.717) is 6.20 Å². The molecule has 0 saturated heterocycles. The first-order valence-electron chi connectivity index (χ1n) is 3.60. The molecule has 0 radical (unpaired) electrons. The molecule has 0 amide bonds. The van der Waals surface area contributed by atoms with Gasteiger partial charge >= 0.3 is 5.69 Å². The summed E-state index contributed by atoms with van der Waals surface area (Å²) < 4.78 is 24.9. The van der Waals surface area contributed by atoms with Gasteiger partial charge in [-0.15, -0.1) is 0 Å². The highest BCUT2D eigenvalue weighted by Crippen LogP contribution is 2.31. The van der Waals surface area contributed by atoms with Crippen molar-refractivity contribution in [2.45, 2.75) is 6.43 Å². The first-order chi connectivity index (χ1) is 6.99. The van der Waals surface area contributed by atoms with Gasteiger partial charge in [-0.05, 0) is 0 Å². The Hall–Kier alpha value is -2.30. The largest absolute Gasteiger partial charge is 0.383 e. The summed E-state index contributed by atoms with van der Waals surface area (Å²) >= 11 is 0.